The number of nitrogens with two attached hydrogens (primary N) is 1. The molecule has 0 aromatic carbocycles. The summed E-state index contributed by atoms with van der Waals surface area (Å²) in [6.07, 6.45) is 0.360. The molecule has 1 aliphatic heterocycles. The summed E-state index contributed by atoms with van der Waals surface area (Å²) in [4.78, 5) is 24.4. The molecular formula is C9H18ClN3O2. The Morgan fingerprint density at radius 2 is 2.27 bits per heavy atom. The molecule has 1 fully saturated rings. The molecule has 2 amide bonds. The molecule has 1 rings (SSSR count). The van der Waals surface area contributed by atoms with Gasteiger partial charge >= 0.3 is 0 Å². The van der Waals surface area contributed by atoms with Gasteiger partial charge in [0.15, 0.2) is 0 Å². The fourth-order valence-electron chi connectivity index (χ4n) is 1.58. The summed E-state index contributed by atoms with van der Waals surface area (Å²) < 4.78 is 0. The topological polar surface area (TPSA) is 75.4 Å². The number of amides is 2. The maximum absolute atomic E-state index is 11.6. The first kappa shape index (κ1) is 14.2. The minimum absolute atomic E-state index is 0. The van der Waals surface area contributed by atoms with E-state index in [1.165, 1.54) is 0 Å². The summed E-state index contributed by atoms with van der Waals surface area (Å²) in [6, 6.07) is -0.554. The van der Waals surface area contributed by atoms with Crippen molar-refractivity contribution in [1.29, 1.82) is 0 Å². The standard InChI is InChI=1S/C9H17N3O2.ClH/c1-6-5-8(13)11-3-4-12(6)9(14)7(2)10;/h6-7H,3-5,10H2,1-2H3,(H,11,13);1H/t6?,7-;/m1./s1. The van der Waals surface area contributed by atoms with E-state index in [0.717, 1.165) is 0 Å². The molecule has 1 saturated heterocycles. The predicted molar refractivity (Wildman–Crippen MR) is 59.7 cm³/mol. The van der Waals surface area contributed by atoms with Gasteiger partial charge in [0.2, 0.25) is 11.8 Å². The predicted octanol–water partition coefficient (Wildman–Crippen LogP) is -0.508. The van der Waals surface area contributed by atoms with Crippen LogP contribution in [0.5, 0.6) is 0 Å². The Bertz CT molecular complexity index is 246. The molecule has 0 radical (unpaired) electrons. The lowest BCUT2D eigenvalue weighted by atomic mass is 10.2. The first-order chi connectivity index (χ1) is 6.52. The van der Waals surface area contributed by atoms with Crippen molar-refractivity contribution in [2.45, 2.75) is 32.4 Å². The summed E-state index contributed by atoms with van der Waals surface area (Å²) in [7, 11) is 0. The number of carbonyl (C=O) groups excluding carboxylic acids is 2. The highest BCUT2D eigenvalue weighted by atomic mass is 35.5. The van der Waals surface area contributed by atoms with Gasteiger partial charge in [0.1, 0.15) is 0 Å². The van der Waals surface area contributed by atoms with Crippen LogP contribution in [0.25, 0.3) is 0 Å². The molecule has 1 aliphatic rings. The van der Waals surface area contributed by atoms with E-state index in [2.05, 4.69) is 5.32 Å². The van der Waals surface area contributed by atoms with Crippen LogP contribution in [-0.4, -0.2) is 41.9 Å². The smallest absolute Gasteiger partial charge is 0.239 e. The van der Waals surface area contributed by atoms with Crippen molar-refractivity contribution in [2.24, 2.45) is 5.73 Å². The molecule has 88 valence electrons. The normalized spacial score (nSPS) is 23.5. The summed E-state index contributed by atoms with van der Waals surface area (Å²) in [5.41, 5.74) is 5.52. The number of hydrogen-bond acceptors (Lipinski definition) is 3. The lowest BCUT2D eigenvalue weighted by molar-refractivity contribution is -0.134. The molecule has 1 heterocycles. The summed E-state index contributed by atoms with van der Waals surface area (Å²) in [5.74, 6) is -0.0912. The van der Waals surface area contributed by atoms with Crippen molar-refractivity contribution in [3.8, 4) is 0 Å². The molecule has 3 N–H and O–H groups in total. The largest absolute Gasteiger partial charge is 0.354 e. The molecule has 5 nitrogen and oxygen atoms in total. The molecule has 0 saturated carbocycles. The monoisotopic (exact) mass is 235 g/mol. The zero-order chi connectivity index (χ0) is 10.7. The molecule has 2 atom stereocenters. The van der Waals surface area contributed by atoms with Crippen LogP contribution in [0.2, 0.25) is 0 Å². The second-order valence-corrected chi connectivity index (χ2v) is 3.72. The number of nitrogens with zero attached hydrogens (tertiary/aromatic N) is 1. The van der Waals surface area contributed by atoms with E-state index in [4.69, 9.17) is 5.73 Å². The van der Waals surface area contributed by atoms with Crippen molar-refractivity contribution >= 4 is 24.2 Å². The maximum atomic E-state index is 11.6. The fourth-order valence-corrected chi connectivity index (χ4v) is 1.58. The molecule has 0 aromatic heterocycles. The van der Waals surface area contributed by atoms with Crippen LogP contribution < -0.4 is 11.1 Å². The molecule has 0 aliphatic carbocycles. The Kier molecular flexibility index (Phi) is 5.60. The van der Waals surface area contributed by atoms with Gasteiger partial charge in [-0.15, -0.1) is 12.4 Å². The lowest BCUT2D eigenvalue weighted by Crippen LogP contribution is -2.47. The van der Waals surface area contributed by atoms with E-state index in [-0.39, 0.29) is 30.3 Å². The van der Waals surface area contributed by atoms with Crippen LogP contribution in [-0.2, 0) is 9.59 Å². The molecule has 0 bridgehead atoms. The highest BCUT2D eigenvalue weighted by Crippen LogP contribution is 2.08. The van der Waals surface area contributed by atoms with E-state index in [9.17, 15) is 9.59 Å². The van der Waals surface area contributed by atoms with E-state index >= 15 is 0 Å². The van der Waals surface area contributed by atoms with E-state index in [0.29, 0.717) is 19.5 Å². The van der Waals surface area contributed by atoms with Gasteiger partial charge in [-0.2, -0.15) is 0 Å². The van der Waals surface area contributed by atoms with Crippen LogP contribution in [0, 0.1) is 0 Å². The van der Waals surface area contributed by atoms with E-state index in [1.54, 1.807) is 11.8 Å². The van der Waals surface area contributed by atoms with Gasteiger partial charge in [-0.3, -0.25) is 9.59 Å². The number of rotatable bonds is 1. The average Bonchev–Trinajstić information content (AvgIpc) is 2.25. The second-order valence-electron chi connectivity index (χ2n) is 3.72. The molecule has 1 unspecified atom stereocenters. The third-order valence-electron chi connectivity index (χ3n) is 2.36. The first-order valence-electron chi connectivity index (χ1n) is 4.85. The Morgan fingerprint density at radius 1 is 1.67 bits per heavy atom. The van der Waals surface area contributed by atoms with Gasteiger partial charge in [0, 0.05) is 25.6 Å². The van der Waals surface area contributed by atoms with Crippen LogP contribution in [0.1, 0.15) is 20.3 Å². The Hall–Kier alpha value is -0.810. The Labute approximate surface area is 95.8 Å². The third kappa shape index (κ3) is 3.68. The highest BCUT2D eigenvalue weighted by molar-refractivity contribution is 5.85. The van der Waals surface area contributed by atoms with E-state index < -0.39 is 6.04 Å². The van der Waals surface area contributed by atoms with Crippen LogP contribution in [0.15, 0.2) is 0 Å². The van der Waals surface area contributed by atoms with Crippen LogP contribution in [0.4, 0.5) is 0 Å². The minimum atomic E-state index is -0.495. The van der Waals surface area contributed by atoms with E-state index in [1.807, 2.05) is 6.92 Å². The lowest BCUT2D eigenvalue weighted by Gasteiger charge is -2.27. The van der Waals surface area contributed by atoms with Gasteiger partial charge in [0.25, 0.3) is 0 Å². The van der Waals surface area contributed by atoms with Crippen molar-refractivity contribution < 1.29 is 9.59 Å². The molecule has 6 heteroatoms. The van der Waals surface area contributed by atoms with Gasteiger partial charge in [-0.05, 0) is 13.8 Å². The van der Waals surface area contributed by atoms with Gasteiger partial charge in [0.05, 0.1) is 6.04 Å². The van der Waals surface area contributed by atoms with Crippen molar-refractivity contribution in [2.75, 3.05) is 13.1 Å². The number of hydrogen-bond donors (Lipinski definition) is 2. The summed E-state index contributed by atoms with van der Waals surface area (Å²) in [6.45, 7) is 4.59. The number of nitrogens with one attached hydrogen (secondary N) is 1. The van der Waals surface area contributed by atoms with Crippen molar-refractivity contribution in [1.82, 2.24) is 10.2 Å². The first-order valence-corrected chi connectivity index (χ1v) is 4.85. The third-order valence-corrected chi connectivity index (χ3v) is 2.36. The average molecular weight is 236 g/mol. The van der Waals surface area contributed by atoms with Gasteiger partial charge in [-0.1, -0.05) is 0 Å². The maximum Gasteiger partial charge on any atom is 0.239 e. The van der Waals surface area contributed by atoms with Crippen LogP contribution >= 0.6 is 12.4 Å². The number of carbonyl (C=O) groups is 2. The van der Waals surface area contributed by atoms with Gasteiger partial charge < -0.3 is 16.0 Å². The van der Waals surface area contributed by atoms with Crippen LogP contribution in [0.3, 0.4) is 0 Å². The summed E-state index contributed by atoms with van der Waals surface area (Å²) in [5, 5.41) is 2.73. The molecule has 0 aromatic rings. The van der Waals surface area contributed by atoms with Gasteiger partial charge in [-0.25, -0.2) is 0 Å². The molecule has 15 heavy (non-hydrogen) atoms. The second kappa shape index (κ2) is 5.92. The molecular weight excluding hydrogens is 218 g/mol. The van der Waals surface area contributed by atoms with Crippen molar-refractivity contribution in [3.63, 3.8) is 0 Å². The zero-order valence-corrected chi connectivity index (χ0v) is 9.84. The Morgan fingerprint density at radius 3 is 2.80 bits per heavy atom. The SMILES string of the molecule is CC1CC(=O)NCCN1C(=O)[C@@H](C)N.Cl. The zero-order valence-electron chi connectivity index (χ0n) is 9.03. The molecule has 0 spiro atoms. The quantitative estimate of drug-likeness (QED) is 0.643. The summed E-state index contributed by atoms with van der Waals surface area (Å²) >= 11 is 0. The van der Waals surface area contributed by atoms with Crippen molar-refractivity contribution in [3.05, 3.63) is 0 Å². The fraction of sp³-hybridized carbons (Fsp3) is 0.778. The minimum Gasteiger partial charge on any atom is -0.354 e. The Balaban J connectivity index is 0.00000196. The highest BCUT2D eigenvalue weighted by Gasteiger charge is 2.26. The number of halogens is 1.